The lowest BCUT2D eigenvalue weighted by Gasteiger charge is -2.06. The third-order valence-corrected chi connectivity index (χ3v) is 5.13. The maximum atomic E-state index is 10.1. The fourth-order valence-corrected chi connectivity index (χ4v) is 3.96. The number of phenolic OH excluding ortho intramolecular Hbond substituents is 1. The van der Waals surface area contributed by atoms with Crippen LogP contribution in [-0.4, -0.2) is 14.7 Å². The van der Waals surface area contributed by atoms with Crippen LogP contribution in [0, 0.1) is 0 Å². The third kappa shape index (κ3) is 1.95. The topological polar surface area (TPSA) is 51.2 Å². The van der Waals surface area contributed by atoms with Crippen molar-refractivity contribution in [1.29, 1.82) is 0 Å². The number of benzene rings is 3. The Morgan fingerprint density at radius 1 is 0.704 bits per heavy atom. The van der Waals surface area contributed by atoms with Crippen molar-refractivity contribution < 1.29 is 9.52 Å². The first-order valence-electron chi connectivity index (χ1n) is 8.79. The van der Waals surface area contributed by atoms with Crippen LogP contribution in [0.1, 0.15) is 0 Å². The van der Waals surface area contributed by atoms with Gasteiger partial charge in [-0.05, 0) is 42.5 Å². The summed E-state index contributed by atoms with van der Waals surface area (Å²) in [7, 11) is 0. The van der Waals surface area contributed by atoms with Gasteiger partial charge in [-0.3, -0.25) is 4.57 Å². The first kappa shape index (κ1) is 14.4. The Labute approximate surface area is 153 Å². The van der Waals surface area contributed by atoms with Gasteiger partial charge in [0.05, 0.1) is 11.0 Å². The van der Waals surface area contributed by atoms with Crippen molar-refractivity contribution in [1.82, 2.24) is 9.55 Å². The summed E-state index contributed by atoms with van der Waals surface area (Å²) in [5.74, 6) is 1.05. The first-order chi connectivity index (χ1) is 13.3. The zero-order valence-electron chi connectivity index (χ0n) is 14.3. The lowest BCUT2D eigenvalue weighted by atomic mass is 10.1. The number of phenols is 1. The monoisotopic (exact) mass is 350 g/mol. The van der Waals surface area contributed by atoms with Gasteiger partial charge in [-0.1, -0.05) is 24.3 Å². The Morgan fingerprint density at radius 2 is 1.56 bits per heavy atom. The van der Waals surface area contributed by atoms with Gasteiger partial charge >= 0.3 is 0 Å². The highest BCUT2D eigenvalue weighted by atomic mass is 16.3. The van der Waals surface area contributed by atoms with E-state index in [-0.39, 0.29) is 5.75 Å². The molecule has 0 aliphatic carbocycles. The molecule has 0 saturated carbocycles. The summed E-state index contributed by atoms with van der Waals surface area (Å²) in [5.41, 5.74) is 3.69. The molecule has 3 aromatic heterocycles. The molecule has 0 unspecified atom stereocenters. The summed E-state index contributed by atoms with van der Waals surface area (Å²) >= 11 is 0. The Kier molecular flexibility index (Phi) is 2.72. The minimum Gasteiger partial charge on any atom is -0.508 e. The van der Waals surface area contributed by atoms with E-state index in [9.17, 15) is 5.11 Å². The number of hydrogen-bond donors (Lipinski definition) is 1. The lowest BCUT2D eigenvalue weighted by molar-refractivity contribution is 0.476. The number of para-hydroxylation sites is 1. The van der Waals surface area contributed by atoms with Crippen molar-refractivity contribution in [3.05, 3.63) is 79.0 Å². The average Bonchev–Trinajstić information content (AvgIpc) is 3.21. The zero-order valence-corrected chi connectivity index (χ0v) is 14.3. The molecular formula is C23H14N2O2. The van der Waals surface area contributed by atoms with E-state index in [4.69, 9.17) is 4.42 Å². The number of rotatable bonds is 1. The first-order valence-corrected chi connectivity index (χ1v) is 8.79. The maximum Gasteiger partial charge on any atom is 0.137 e. The van der Waals surface area contributed by atoms with Crippen molar-refractivity contribution in [3.8, 4) is 11.6 Å². The molecule has 0 bridgehead atoms. The van der Waals surface area contributed by atoms with Gasteiger partial charge in [-0.2, -0.15) is 0 Å². The van der Waals surface area contributed by atoms with E-state index in [1.54, 1.807) is 18.3 Å². The van der Waals surface area contributed by atoms with Crippen LogP contribution in [0.25, 0.3) is 49.6 Å². The highest BCUT2D eigenvalue weighted by Gasteiger charge is 2.16. The second kappa shape index (κ2) is 5.11. The predicted molar refractivity (Wildman–Crippen MR) is 108 cm³/mol. The second-order valence-corrected chi connectivity index (χ2v) is 6.69. The third-order valence-electron chi connectivity index (χ3n) is 5.13. The fraction of sp³-hybridized carbons (Fsp3) is 0. The van der Waals surface area contributed by atoms with E-state index >= 15 is 0 Å². The number of nitrogens with zero attached hydrogens (tertiary/aromatic N) is 2. The number of furan rings is 1. The number of aromatic hydroxyl groups is 1. The van der Waals surface area contributed by atoms with E-state index < -0.39 is 0 Å². The minimum absolute atomic E-state index is 0.233. The van der Waals surface area contributed by atoms with Crippen molar-refractivity contribution in [2.24, 2.45) is 0 Å². The van der Waals surface area contributed by atoms with E-state index in [1.165, 1.54) is 0 Å². The molecule has 0 saturated heterocycles. The van der Waals surface area contributed by atoms with Gasteiger partial charge in [0.2, 0.25) is 0 Å². The summed E-state index contributed by atoms with van der Waals surface area (Å²) < 4.78 is 8.16. The van der Waals surface area contributed by atoms with E-state index in [1.807, 2.05) is 42.5 Å². The van der Waals surface area contributed by atoms with Crippen molar-refractivity contribution in [2.45, 2.75) is 0 Å². The Hall–Kier alpha value is -3.79. The summed E-state index contributed by atoms with van der Waals surface area (Å²) in [6.45, 7) is 0. The molecule has 1 N–H and O–H groups in total. The van der Waals surface area contributed by atoms with Crippen molar-refractivity contribution >= 4 is 43.7 Å². The number of hydrogen-bond acceptors (Lipinski definition) is 3. The molecular weight excluding hydrogens is 336 g/mol. The van der Waals surface area contributed by atoms with E-state index in [0.29, 0.717) is 0 Å². The molecule has 0 aliphatic heterocycles. The van der Waals surface area contributed by atoms with Crippen LogP contribution in [0.2, 0.25) is 0 Å². The molecule has 27 heavy (non-hydrogen) atoms. The summed E-state index contributed by atoms with van der Waals surface area (Å²) in [6, 6.07) is 23.6. The molecule has 3 aromatic carbocycles. The second-order valence-electron chi connectivity index (χ2n) is 6.69. The SMILES string of the molecule is Oc1ccc2c3cc4oc5ccccc5c4cc3n(-c3ccccn3)c2c1. The molecule has 3 heterocycles. The van der Waals surface area contributed by atoms with Gasteiger partial charge in [0.15, 0.2) is 0 Å². The van der Waals surface area contributed by atoms with Gasteiger partial charge in [0.25, 0.3) is 0 Å². The Morgan fingerprint density at radius 3 is 2.44 bits per heavy atom. The quantitative estimate of drug-likeness (QED) is 0.409. The lowest BCUT2D eigenvalue weighted by Crippen LogP contribution is -1.96. The van der Waals surface area contributed by atoms with Crippen LogP contribution in [0.4, 0.5) is 0 Å². The molecule has 0 amide bonds. The van der Waals surface area contributed by atoms with Crippen LogP contribution in [0.15, 0.2) is 83.4 Å². The van der Waals surface area contributed by atoms with Crippen molar-refractivity contribution in [3.63, 3.8) is 0 Å². The van der Waals surface area contributed by atoms with E-state index in [2.05, 4.69) is 27.8 Å². The number of aromatic nitrogens is 2. The molecule has 0 aliphatic rings. The fourth-order valence-electron chi connectivity index (χ4n) is 3.96. The molecule has 6 rings (SSSR count). The van der Waals surface area contributed by atoms with Crippen LogP contribution in [0.5, 0.6) is 5.75 Å². The highest BCUT2D eigenvalue weighted by molar-refractivity contribution is 6.17. The molecule has 0 fully saturated rings. The van der Waals surface area contributed by atoms with Crippen molar-refractivity contribution in [2.75, 3.05) is 0 Å². The van der Waals surface area contributed by atoms with Crippen LogP contribution >= 0.6 is 0 Å². The molecule has 0 spiro atoms. The molecule has 6 aromatic rings. The van der Waals surface area contributed by atoms with Crippen LogP contribution < -0.4 is 0 Å². The number of pyridine rings is 1. The Bertz CT molecular complexity index is 1480. The van der Waals surface area contributed by atoms with Gasteiger partial charge in [0.1, 0.15) is 22.7 Å². The zero-order chi connectivity index (χ0) is 18.0. The van der Waals surface area contributed by atoms with Crippen LogP contribution in [-0.2, 0) is 0 Å². The minimum atomic E-state index is 0.233. The van der Waals surface area contributed by atoms with Crippen LogP contribution in [0.3, 0.4) is 0 Å². The Balaban J connectivity index is 1.86. The maximum absolute atomic E-state index is 10.1. The molecule has 0 atom stereocenters. The molecule has 128 valence electrons. The van der Waals surface area contributed by atoms with Gasteiger partial charge in [-0.15, -0.1) is 0 Å². The standard InChI is InChI=1S/C23H14N2O2/c26-14-8-9-15-17-13-22-18(16-5-1-2-6-21(16)27-22)12-20(17)25(19(15)11-14)23-7-3-4-10-24-23/h1-13,26H. The van der Waals surface area contributed by atoms with Gasteiger partial charge in [-0.25, -0.2) is 4.98 Å². The van der Waals surface area contributed by atoms with Gasteiger partial charge in [0, 0.05) is 33.8 Å². The average molecular weight is 350 g/mol. The normalized spacial score (nSPS) is 11.9. The number of fused-ring (bicyclic) bond motifs is 6. The summed E-state index contributed by atoms with van der Waals surface area (Å²) in [6.07, 6.45) is 1.78. The smallest absolute Gasteiger partial charge is 0.137 e. The summed E-state index contributed by atoms with van der Waals surface area (Å²) in [5, 5.41) is 14.4. The predicted octanol–water partition coefficient (Wildman–Crippen LogP) is 5.78. The van der Waals surface area contributed by atoms with E-state index in [0.717, 1.165) is 49.6 Å². The summed E-state index contributed by atoms with van der Waals surface area (Å²) in [4.78, 5) is 4.54. The largest absolute Gasteiger partial charge is 0.508 e. The molecule has 4 nitrogen and oxygen atoms in total. The van der Waals surface area contributed by atoms with Gasteiger partial charge < -0.3 is 9.52 Å². The highest BCUT2D eigenvalue weighted by Crippen LogP contribution is 2.38. The molecule has 4 heteroatoms. The molecule has 0 radical (unpaired) electrons.